The summed E-state index contributed by atoms with van der Waals surface area (Å²) in [7, 11) is 0. The molecule has 11 heavy (non-hydrogen) atoms. The molecule has 0 aliphatic rings. The third-order valence-electron chi connectivity index (χ3n) is 1.89. The molecule has 0 saturated carbocycles. The zero-order valence-electron chi connectivity index (χ0n) is 7.68. The molecule has 0 heterocycles. The van der Waals surface area contributed by atoms with Crippen molar-refractivity contribution in [2.45, 2.75) is 39.0 Å². The molecular weight excluding hydrogens is 132 g/mol. The fourth-order valence-electron chi connectivity index (χ4n) is 1.31. The lowest BCUT2D eigenvalue weighted by atomic mass is 9.97. The molecule has 0 aliphatic carbocycles. The molecule has 2 radical (unpaired) electrons. The summed E-state index contributed by atoms with van der Waals surface area (Å²) in [6.45, 7) is 9.79. The van der Waals surface area contributed by atoms with E-state index in [0.29, 0.717) is 0 Å². The van der Waals surface area contributed by atoms with Crippen LogP contribution in [0, 0.1) is 19.8 Å². The van der Waals surface area contributed by atoms with E-state index in [9.17, 15) is 0 Å². The van der Waals surface area contributed by atoms with Gasteiger partial charge in [0.15, 0.2) is 0 Å². The van der Waals surface area contributed by atoms with E-state index >= 15 is 0 Å². The highest BCUT2D eigenvalue weighted by atomic mass is 14.1. The second-order valence-electron chi connectivity index (χ2n) is 2.97. The predicted octanol–water partition coefficient (Wildman–Crippen LogP) is 3.80. The zero-order chi connectivity index (χ0) is 8.53. The van der Waals surface area contributed by atoms with Crippen molar-refractivity contribution in [3.05, 3.63) is 26.0 Å². The van der Waals surface area contributed by atoms with Crippen molar-refractivity contribution in [3.63, 3.8) is 0 Å². The quantitative estimate of drug-likeness (QED) is 0.543. The molecule has 0 rings (SSSR count). The molecule has 0 amide bonds. The third-order valence-corrected chi connectivity index (χ3v) is 1.89. The Balaban J connectivity index is 3.51. The average molecular weight is 152 g/mol. The van der Waals surface area contributed by atoms with Crippen molar-refractivity contribution in [3.8, 4) is 0 Å². The lowest BCUT2D eigenvalue weighted by Crippen LogP contribution is -1.95. The van der Waals surface area contributed by atoms with E-state index < -0.39 is 0 Å². The van der Waals surface area contributed by atoms with Gasteiger partial charge in [0.1, 0.15) is 0 Å². The van der Waals surface area contributed by atoms with E-state index in [1.165, 1.54) is 25.7 Å². The molecule has 0 fully saturated rings. The van der Waals surface area contributed by atoms with Gasteiger partial charge in [0, 0.05) is 0 Å². The van der Waals surface area contributed by atoms with E-state index in [2.05, 4.69) is 26.8 Å². The Morgan fingerprint density at radius 3 is 2.55 bits per heavy atom. The molecule has 0 bridgehead atoms. The zero-order valence-corrected chi connectivity index (χ0v) is 7.68. The first kappa shape index (κ1) is 10.7. The third kappa shape index (κ3) is 6.15. The van der Waals surface area contributed by atoms with Crippen molar-refractivity contribution in [2.75, 3.05) is 0 Å². The summed E-state index contributed by atoms with van der Waals surface area (Å²) in [5.74, 6) is 0.749. The summed E-state index contributed by atoms with van der Waals surface area (Å²) in [4.78, 5) is 0. The van der Waals surface area contributed by atoms with Gasteiger partial charge in [0.05, 0.1) is 0 Å². The Hall–Kier alpha value is -0.260. The number of hydrogen-bond donors (Lipinski definition) is 0. The topological polar surface area (TPSA) is 0 Å². The minimum Gasteiger partial charge on any atom is -0.0880 e. The summed E-state index contributed by atoms with van der Waals surface area (Å²) in [6.07, 6.45) is 10.3. The van der Waals surface area contributed by atoms with Gasteiger partial charge < -0.3 is 0 Å². The minimum absolute atomic E-state index is 0.749. The maximum atomic E-state index is 3.84. The van der Waals surface area contributed by atoms with E-state index in [1.54, 1.807) is 0 Å². The van der Waals surface area contributed by atoms with Crippen LogP contribution in [0.3, 0.4) is 0 Å². The maximum absolute atomic E-state index is 3.84. The lowest BCUT2D eigenvalue weighted by molar-refractivity contribution is 0.518. The van der Waals surface area contributed by atoms with Gasteiger partial charge in [0.25, 0.3) is 0 Å². The van der Waals surface area contributed by atoms with Gasteiger partial charge in [-0.3, -0.25) is 0 Å². The Bertz CT molecular complexity index is 92.2. The van der Waals surface area contributed by atoms with Crippen LogP contribution >= 0.6 is 0 Å². The van der Waals surface area contributed by atoms with Crippen molar-refractivity contribution < 1.29 is 0 Å². The average Bonchev–Trinajstić information content (AvgIpc) is 2.01. The van der Waals surface area contributed by atoms with Crippen LogP contribution in [0.4, 0.5) is 0 Å². The molecule has 0 aromatic rings. The summed E-state index contributed by atoms with van der Waals surface area (Å²) < 4.78 is 0. The number of hydrogen-bond acceptors (Lipinski definition) is 0. The van der Waals surface area contributed by atoms with Crippen molar-refractivity contribution in [1.82, 2.24) is 0 Å². The van der Waals surface area contributed by atoms with Gasteiger partial charge in [-0.05, 0) is 25.7 Å². The van der Waals surface area contributed by atoms with E-state index in [-0.39, 0.29) is 0 Å². The van der Waals surface area contributed by atoms with Gasteiger partial charge >= 0.3 is 0 Å². The molecular formula is C11H20. The van der Waals surface area contributed by atoms with Crippen molar-refractivity contribution in [2.24, 2.45) is 5.92 Å². The Morgan fingerprint density at radius 1 is 1.36 bits per heavy atom. The van der Waals surface area contributed by atoms with Gasteiger partial charge in [0.2, 0.25) is 0 Å². The van der Waals surface area contributed by atoms with Crippen LogP contribution in [0.1, 0.15) is 39.0 Å². The number of unbranched alkanes of at least 4 members (excludes halogenated alkanes) is 1. The molecule has 64 valence electrons. The molecule has 0 nitrogen and oxygen atoms in total. The smallest absolute Gasteiger partial charge is 0.0234 e. The molecule has 0 aromatic carbocycles. The molecule has 0 saturated heterocycles. The van der Waals surface area contributed by atoms with Gasteiger partial charge in [-0.25, -0.2) is 0 Å². The number of rotatable bonds is 6. The molecule has 0 aliphatic heterocycles. The van der Waals surface area contributed by atoms with Gasteiger partial charge in [-0.2, -0.15) is 0 Å². The summed E-state index contributed by atoms with van der Waals surface area (Å²) >= 11 is 0. The van der Waals surface area contributed by atoms with Crippen LogP contribution in [0.5, 0.6) is 0 Å². The highest BCUT2D eigenvalue weighted by molar-refractivity contribution is 4.89. The minimum atomic E-state index is 0.749. The first-order valence-corrected chi connectivity index (χ1v) is 4.60. The predicted molar refractivity (Wildman–Crippen MR) is 52.1 cm³/mol. The standard InChI is InChI=1S/C11H20/c1-4-7-10-11(8-5-2)9-6-3/h5,8,11H,1-2,4,6-7,9-10H2,3H3. The van der Waals surface area contributed by atoms with Crippen LogP contribution in [0.2, 0.25) is 0 Å². The maximum Gasteiger partial charge on any atom is -0.0234 e. The molecule has 1 unspecified atom stereocenters. The van der Waals surface area contributed by atoms with Crippen LogP contribution in [0.15, 0.2) is 12.2 Å². The highest BCUT2D eigenvalue weighted by Gasteiger charge is 2.00. The van der Waals surface area contributed by atoms with Crippen molar-refractivity contribution >= 4 is 0 Å². The first-order chi connectivity index (χ1) is 5.35. The Morgan fingerprint density at radius 2 is 2.09 bits per heavy atom. The van der Waals surface area contributed by atoms with E-state index in [1.807, 2.05) is 6.08 Å². The molecule has 0 spiro atoms. The van der Waals surface area contributed by atoms with Crippen LogP contribution in [-0.4, -0.2) is 0 Å². The highest BCUT2D eigenvalue weighted by Crippen LogP contribution is 2.15. The Labute approximate surface area is 71.7 Å². The van der Waals surface area contributed by atoms with Crippen LogP contribution < -0.4 is 0 Å². The molecule has 1 atom stereocenters. The summed E-state index contributed by atoms with van der Waals surface area (Å²) in [6, 6.07) is 0. The lowest BCUT2D eigenvalue weighted by Gasteiger charge is -2.09. The Kier molecular flexibility index (Phi) is 7.66. The first-order valence-electron chi connectivity index (χ1n) is 4.60. The summed E-state index contributed by atoms with van der Waals surface area (Å²) in [5, 5.41) is 0. The summed E-state index contributed by atoms with van der Waals surface area (Å²) in [5.41, 5.74) is 0. The molecule has 0 N–H and O–H groups in total. The normalized spacial score (nSPS) is 14.1. The van der Waals surface area contributed by atoms with Gasteiger partial charge in [-0.15, -0.1) is 0 Å². The second-order valence-corrected chi connectivity index (χ2v) is 2.97. The monoisotopic (exact) mass is 152 g/mol. The SMILES string of the molecule is [CH2]C=CC(CCC)CCC[CH2]. The second kappa shape index (κ2) is 7.84. The molecule has 0 aromatic heterocycles. The van der Waals surface area contributed by atoms with Crippen molar-refractivity contribution in [1.29, 1.82) is 0 Å². The van der Waals surface area contributed by atoms with Crippen LogP contribution in [0.25, 0.3) is 0 Å². The van der Waals surface area contributed by atoms with E-state index in [4.69, 9.17) is 0 Å². The fraction of sp³-hybridized carbons (Fsp3) is 0.636. The van der Waals surface area contributed by atoms with Crippen LogP contribution in [-0.2, 0) is 0 Å². The van der Waals surface area contributed by atoms with Gasteiger partial charge in [-0.1, -0.05) is 45.3 Å². The van der Waals surface area contributed by atoms with E-state index in [0.717, 1.165) is 12.3 Å². The largest absolute Gasteiger partial charge is 0.0880 e. The molecule has 0 heteroatoms. The fourth-order valence-corrected chi connectivity index (χ4v) is 1.31. The number of allylic oxidation sites excluding steroid dienone is 2.